The van der Waals surface area contributed by atoms with Gasteiger partial charge in [0.25, 0.3) is 5.17 Å². The highest BCUT2D eigenvalue weighted by Crippen LogP contribution is 2.69. The van der Waals surface area contributed by atoms with Gasteiger partial charge >= 0.3 is 7.60 Å². The Hall–Kier alpha value is -3.12. The molecule has 0 bridgehead atoms. The smallest absolute Gasteiger partial charge is 0.459 e. The lowest BCUT2D eigenvalue weighted by Gasteiger charge is -2.38. The fraction of sp³-hybridized carbons (Fsp3) is 0.0741. The highest BCUT2D eigenvalue weighted by Gasteiger charge is 2.66. The summed E-state index contributed by atoms with van der Waals surface area (Å²) in [5.41, 5.74) is 1.42. The van der Waals surface area contributed by atoms with Crippen LogP contribution in [0.15, 0.2) is 120 Å². The Bertz CT molecular complexity index is 1310. The molecule has 0 aliphatic carbocycles. The van der Waals surface area contributed by atoms with E-state index < -0.39 is 19.0 Å². The standard InChI is InChI=1S/C27H21BrNO4PS/c28-22-18-16-20(17-19-22)25-27(29-26(35)31-25,21-10-4-1-5-11-21)34(30,32-23-12-6-2-7-13-23)33-24-14-8-3-9-15-24/h1-19,25H,(H,29,35)/t25-,27-/m1/s1. The molecule has 2 atom stereocenters. The van der Waals surface area contributed by atoms with Crippen molar-refractivity contribution in [3.8, 4) is 11.5 Å². The number of nitrogens with one attached hydrogen (secondary N) is 1. The Morgan fingerprint density at radius 1 is 0.771 bits per heavy atom. The molecule has 4 aromatic carbocycles. The minimum atomic E-state index is -4.17. The minimum absolute atomic E-state index is 0.107. The molecule has 1 aliphatic heterocycles. The minimum Gasteiger partial charge on any atom is -0.459 e. The Kier molecular flexibility index (Phi) is 6.65. The van der Waals surface area contributed by atoms with Gasteiger partial charge < -0.3 is 19.1 Å². The topological polar surface area (TPSA) is 56.8 Å². The molecule has 5 rings (SSSR count). The zero-order chi connectivity index (χ0) is 24.3. The van der Waals surface area contributed by atoms with Gasteiger partial charge in [0.15, 0.2) is 6.10 Å². The molecule has 1 fully saturated rings. The van der Waals surface area contributed by atoms with Gasteiger partial charge in [0.05, 0.1) is 0 Å². The molecule has 0 amide bonds. The first-order valence-electron chi connectivity index (χ1n) is 10.9. The fourth-order valence-corrected chi connectivity index (χ4v) is 6.99. The van der Waals surface area contributed by atoms with Crippen LogP contribution in [0.25, 0.3) is 0 Å². The molecule has 1 N–H and O–H groups in total. The van der Waals surface area contributed by atoms with E-state index in [1.165, 1.54) is 0 Å². The van der Waals surface area contributed by atoms with Crippen molar-refractivity contribution in [1.82, 2.24) is 5.32 Å². The molecule has 0 unspecified atom stereocenters. The predicted octanol–water partition coefficient (Wildman–Crippen LogP) is 7.60. The number of ether oxygens (including phenoxy) is 1. The van der Waals surface area contributed by atoms with E-state index in [-0.39, 0.29) is 5.17 Å². The van der Waals surface area contributed by atoms with Crippen LogP contribution in [0.5, 0.6) is 11.5 Å². The van der Waals surface area contributed by atoms with Gasteiger partial charge in [0.2, 0.25) is 5.28 Å². The number of rotatable bonds is 7. The molecule has 0 radical (unpaired) electrons. The number of thiocarbonyl (C=S) groups is 1. The predicted molar refractivity (Wildman–Crippen MR) is 144 cm³/mol. The second-order valence-corrected chi connectivity index (χ2v) is 11.3. The van der Waals surface area contributed by atoms with Crippen molar-refractivity contribution in [2.45, 2.75) is 11.4 Å². The Balaban J connectivity index is 1.75. The van der Waals surface area contributed by atoms with Gasteiger partial charge in [0, 0.05) is 4.47 Å². The van der Waals surface area contributed by atoms with Gasteiger partial charge in [-0.05, 0) is 59.7 Å². The van der Waals surface area contributed by atoms with Gasteiger partial charge in [-0.25, -0.2) is 4.57 Å². The molecule has 0 spiro atoms. The Morgan fingerprint density at radius 2 is 1.26 bits per heavy atom. The van der Waals surface area contributed by atoms with Crippen molar-refractivity contribution in [3.63, 3.8) is 0 Å². The second kappa shape index (κ2) is 9.86. The molecule has 1 saturated heterocycles. The zero-order valence-corrected chi connectivity index (χ0v) is 21.7. The average Bonchev–Trinajstić information content (AvgIpc) is 3.25. The summed E-state index contributed by atoms with van der Waals surface area (Å²) in [5, 5.41) is 1.84. The molecule has 0 aromatic heterocycles. The summed E-state index contributed by atoms with van der Waals surface area (Å²) >= 11 is 8.98. The third-order valence-electron chi connectivity index (χ3n) is 5.65. The lowest BCUT2D eigenvalue weighted by Crippen LogP contribution is -2.44. The summed E-state index contributed by atoms with van der Waals surface area (Å²) in [7, 11) is -4.17. The summed E-state index contributed by atoms with van der Waals surface area (Å²) < 4.78 is 34.9. The Morgan fingerprint density at radius 3 is 1.77 bits per heavy atom. The quantitative estimate of drug-likeness (QED) is 0.184. The largest absolute Gasteiger partial charge is 0.465 e. The fourth-order valence-electron chi connectivity index (χ4n) is 4.08. The van der Waals surface area contributed by atoms with E-state index in [2.05, 4.69) is 21.2 Å². The van der Waals surface area contributed by atoms with Crippen LogP contribution in [-0.4, -0.2) is 5.17 Å². The first-order valence-corrected chi connectivity index (χ1v) is 13.6. The maximum atomic E-state index is 15.2. The average molecular weight is 566 g/mol. The number of hydrogen-bond acceptors (Lipinski definition) is 5. The second-order valence-electron chi connectivity index (χ2n) is 7.90. The van der Waals surface area contributed by atoms with Crippen LogP contribution in [0, 0.1) is 0 Å². The van der Waals surface area contributed by atoms with E-state index in [9.17, 15) is 0 Å². The van der Waals surface area contributed by atoms with Gasteiger partial charge in [-0.3, -0.25) is 0 Å². The molecule has 176 valence electrons. The molecule has 35 heavy (non-hydrogen) atoms. The van der Waals surface area contributed by atoms with Crippen LogP contribution < -0.4 is 14.4 Å². The molecule has 4 aromatic rings. The van der Waals surface area contributed by atoms with Gasteiger partial charge in [-0.1, -0.05) is 94.8 Å². The third kappa shape index (κ3) is 4.59. The van der Waals surface area contributed by atoms with E-state index >= 15 is 4.57 Å². The summed E-state index contributed by atoms with van der Waals surface area (Å²) in [5.74, 6) is 0.799. The van der Waals surface area contributed by atoms with Crippen molar-refractivity contribution in [2.75, 3.05) is 0 Å². The van der Waals surface area contributed by atoms with Gasteiger partial charge in [-0.15, -0.1) is 0 Å². The normalized spacial score (nSPS) is 19.5. The van der Waals surface area contributed by atoms with Crippen LogP contribution in [-0.2, 0) is 14.6 Å². The van der Waals surface area contributed by atoms with Crippen LogP contribution in [0.3, 0.4) is 0 Å². The maximum Gasteiger partial charge on any atom is 0.465 e. The maximum absolute atomic E-state index is 15.2. The third-order valence-corrected chi connectivity index (χ3v) is 8.75. The summed E-state index contributed by atoms with van der Waals surface area (Å²) in [6.45, 7) is 0. The zero-order valence-electron chi connectivity index (χ0n) is 18.4. The van der Waals surface area contributed by atoms with E-state index in [0.29, 0.717) is 17.1 Å². The van der Waals surface area contributed by atoms with Gasteiger partial charge in [-0.2, -0.15) is 0 Å². The molecule has 0 saturated carbocycles. The summed E-state index contributed by atoms with van der Waals surface area (Å²) in [4.78, 5) is 0. The molecular weight excluding hydrogens is 545 g/mol. The van der Waals surface area contributed by atoms with Crippen molar-refractivity contribution in [3.05, 3.63) is 131 Å². The van der Waals surface area contributed by atoms with E-state index in [0.717, 1.165) is 10.0 Å². The van der Waals surface area contributed by atoms with Crippen LogP contribution in [0.2, 0.25) is 0 Å². The van der Waals surface area contributed by atoms with E-state index in [1.807, 2.05) is 91.0 Å². The molecule has 1 heterocycles. The number of para-hydroxylation sites is 2. The molecule has 5 nitrogen and oxygen atoms in total. The van der Waals surface area contributed by atoms with Crippen LogP contribution >= 0.6 is 35.7 Å². The van der Waals surface area contributed by atoms with E-state index in [4.69, 9.17) is 26.0 Å². The van der Waals surface area contributed by atoms with Crippen LogP contribution in [0.1, 0.15) is 17.2 Å². The summed E-state index contributed by atoms with van der Waals surface area (Å²) in [6, 6.07) is 34.9. The van der Waals surface area contributed by atoms with Crippen molar-refractivity contribution in [1.29, 1.82) is 0 Å². The van der Waals surface area contributed by atoms with Crippen molar-refractivity contribution < 1.29 is 18.3 Å². The van der Waals surface area contributed by atoms with Crippen LogP contribution in [0.4, 0.5) is 0 Å². The number of hydrogen-bond donors (Lipinski definition) is 1. The lowest BCUT2D eigenvalue weighted by atomic mass is 9.95. The monoisotopic (exact) mass is 565 g/mol. The first kappa shape index (κ1) is 23.6. The molecule has 1 aliphatic rings. The molecular formula is C27H21BrNO4PS. The first-order chi connectivity index (χ1) is 17.0. The van der Waals surface area contributed by atoms with E-state index in [1.54, 1.807) is 24.3 Å². The molecule has 8 heteroatoms. The van der Waals surface area contributed by atoms with Crippen molar-refractivity contribution >= 4 is 40.9 Å². The Labute approximate surface area is 217 Å². The van der Waals surface area contributed by atoms with Gasteiger partial charge in [0.1, 0.15) is 11.5 Å². The highest BCUT2D eigenvalue weighted by atomic mass is 79.9. The highest BCUT2D eigenvalue weighted by molar-refractivity contribution is 9.10. The number of benzene rings is 4. The lowest BCUT2D eigenvalue weighted by molar-refractivity contribution is 0.170. The summed E-state index contributed by atoms with van der Waals surface area (Å²) in [6.07, 6.45) is -0.802. The SMILES string of the molecule is O=P(Oc1ccccc1)(Oc1ccccc1)[C@@]1(c2ccccc2)NC(=S)O[C@@H]1c1ccc(Br)cc1. The van der Waals surface area contributed by atoms with Crippen molar-refractivity contribution in [2.24, 2.45) is 0 Å². The number of halogens is 1.